The molecule has 0 saturated heterocycles. The summed E-state index contributed by atoms with van der Waals surface area (Å²) in [4.78, 5) is 15.2. The number of hydrogen-bond acceptors (Lipinski definition) is 4. The molecule has 0 N–H and O–H groups in total. The largest absolute Gasteiger partial charge is 0.208 e. The van der Waals surface area contributed by atoms with Gasteiger partial charge in [-0.1, -0.05) is 121 Å². The standard InChI is InChI=1S/C41H25N3S/c1-2-11-27(12-3-1)39-42-40(31-19-18-26-10-4-5-13-28(26)22-31)44-41(43-39)32-23-29-14-6-7-15-33(29)36(24-32)30-20-21-35-34-16-8-9-17-37(34)45-38(35)25-30/h1-25H. The first-order valence-corrected chi connectivity index (χ1v) is 15.8. The number of rotatable bonds is 4. The SMILES string of the molecule is c1ccc(-c2nc(-c3ccc4ccccc4c3)nc(-c3cc(-c4ccc5c(c4)sc4ccccc45)c4ccccc4c3)n2)cc1. The minimum atomic E-state index is 0.655. The fourth-order valence-electron chi connectivity index (χ4n) is 6.25. The van der Waals surface area contributed by atoms with Crippen LogP contribution in [0.2, 0.25) is 0 Å². The zero-order chi connectivity index (χ0) is 29.7. The number of benzene rings is 7. The predicted molar refractivity (Wildman–Crippen MR) is 189 cm³/mol. The number of aromatic nitrogens is 3. The Labute approximate surface area is 264 Å². The lowest BCUT2D eigenvalue weighted by molar-refractivity contribution is 1.08. The molecule has 7 aromatic carbocycles. The monoisotopic (exact) mass is 591 g/mol. The summed E-state index contributed by atoms with van der Waals surface area (Å²) < 4.78 is 2.59. The Balaban J connectivity index is 1.26. The Morgan fingerprint density at radius 3 is 1.78 bits per heavy atom. The lowest BCUT2D eigenvalue weighted by Crippen LogP contribution is -2.00. The van der Waals surface area contributed by atoms with Gasteiger partial charge in [-0.2, -0.15) is 0 Å². The van der Waals surface area contributed by atoms with Crippen molar-refractivity contribution in [1.29, 1.82) is 0 Å². The molecule has 0 fully saturated rings. The van der Waals surface area contributed by atoms with Crippen molar-refractivity contribution in [2.24, 2.45) is 0 Å². The molecule has 0 radical (unpaired) electrons. The highest BCUT2D eigenvalue weighted by Crippen LogP contribution is 2.39. The Hall–Kier alpha value is -5.71. The number of thiophene rings is 1. The fourth-order valence-corrected chi connectivity index (χ4v) is 7.40. The quantitative estimate of drug-likeness (QED) is 0.204. The van der Waals surface area contributed by atoms with Crippen molar-refractivity contribution in [3.8, 4) is 45.3 Å². The highest BCUT2D eigenvalue weighted by Gasteiger charge is 2.16. The summed E-state index contributed by atoms with van der Waals surface area (Å²) >= 11 is 1.84. The van der Waals surface area contributed by atoms with Gasteiger partial charge in [0.05, 0.1) is 0 Å². The second-order valence-electron chi connectivity index (χ2n) is 11.3. The van der Waals surface area contributed by atoms with E-state index in [1.807, 2.05) is 29.5 Å². The van der Waals surface area contributed by atoms with Crippen LogP contribution < -0.4 is 0 Å². The van der Waals surface area contributed by atoms with Crippen LogP contribution >= 0.6 is 11.3 Å². The lowest BCUT2D eigenvalue weighted by Gasteiger charge is -2.13. The fraction of sp³-hybridized carbons (Fsp3) is 0. The van der Waals surface area contributed by atoms with Gasteiger partial charge in [0.25, 0.3) is 0 Å². The first kappa shape index (κ1) is 25.8. The topological polar surface area (TPSA) is 38.7 Å². The molecule has 9 rings (SSSR count). The van der Waals surface area contributed by atoms with Gasteiger partial charge in [-0.3, -0.25) is 0 Å². The summed E-state index contributed by atoms with van der Waals surface area (Å²) in [6.07, 6.45) is 0. The van der Waals surface area contributed by atoms with Crippen LogP contribution in [0.25, 0.3) is 87.0 Å². The van der Waals surface area contributed by atoms with Crippen molar-refractivity contribution in [2.45, 2.75) is 0 Å². The molecule has 0 aliphatic rings. The highest BCUT2D eigenvalue weighted by atomic mass is 32.1. The van der Waals surface area contributed by atoms with Gasteiger partial charge in [-0.15, -0.1) is 11.3 Å². The van der Waals surface area contributed by atoms with Gasteiger partial charge in [0.1, 0.15) is 0 Å². The van der Waals surface area contributed by atoms with Crippen molar-refractivity contribution in [2.75, 3.05) is 0 Å². The van der Waals surface area contributed by atoms with Crippen LogP contribution in [0.3, 0.4) is 0 Å². The van der Waals surface area contributed by atoms with Crippen molar-refractivity contribution in [1.82, 2.24) is 15.0 Å². The normalized spacial score (nSPS) is 11.6. The predicted octanol–water partition coefficient (Wildman–Crippen LogP) is 11.2. The molecule has 0 unspecified atom stereocenters. The first-order valence-electron chi connectivity index (χ1n) is 15.0. The summed E-state index contributed by atoms with van der Waals surface area (Å²) in [5.74, 6) is 1.97. The average Bonchev–Trinajstić information content (AvgIpc) is 3.49. The second-order valence-corrected chi connectivity index (χ2v) is 12.4. The number of nitrogens with zero attached hydrogens (tertiary/aromatic N) is 3. The minimum absolute atomic E-state index is 0.655. The molecule has 0 spiro atoms. The summed E-state index contributed by atoms with van der Waals surface area (Å²) in [6, 6.07) is 53.4. The molecule has 3 nitrogen and oxygen atoms in total. The van der Waals surface area contributed by atoms with E-state index >= 15 is 0 Å². The molecule has 0 aliphatic heterocycles. The summed E-state index contributed by atoms with van der Waals surface area (Å²) in [5.41, 5.74) is 5.22. The van der Waals surface area contributed by atoms with Crippen molar-refractivity contribution < 1.29 is 0 Å². The highest BCUT2D eigenvalue weighted by molar-refractivity contribution is 7.25. The molecule has 210 valence electrons. The van der Waals surface area contributed by atoms with Crippen LogP contribution in [0.4, 0.5) is 0 Å². The van der Waals surface area contributed by atoms with Crippen LogP contribution in [-0.4, -0.2) is 15.0 Å². The van der Waals surface area contributed by atoms with E-state index in [0.717, 1.165) is 33.0 Å². The first-order chi connectivity index (χ1) is 22.3. The van der Waals surface area contributed by atoms with E-state index in [9.17, 15) is 0 Å². The third kappa shape index (κ3) is 4.55. The molecule has 0 aliphatic carbocycles. The molecular weight excluding hydrogens is 567 g/mol. The van der Waals surface area contributed by atoms with E-state index < -0.39 is 0 Å². The molecule has 45 heavy (non-hydrogen) atoms. The van der Waals surface area contributed by atoms with E-state index in [1.165, 1.54) is 36.5 Å². The van der Waals surface area contributed by atoms with Crippen LogP contribution in [-0.2, 0) is 0 Å². The molecule has 4 heteroatoms. The summed E-state index contributed by atoms with van der Waals surface area (Å²) in [6.45, 7) is 0. The summed E-state index contributed by atoms with van der Waals surface area (Å²) in [5, 5.41) is 7.30. The van der Waals surface area contributed by atoms with Gasteiger partial charge >= 0.3 is 0 Å². The van der Waals surface area contributed by atoms with E-state index in [-0.39, 0.29) is 0 Å². The Morgan fingerprint density at radius 1 is 0.333 bits per heavy atom. The molecular formula is C41H25N3S. The third-order valence-corrected chi connectivity index (χ3v) is 9.62. The van der Waals surface area contributed by atoms with Crippen molar-refractivity contribution in [3.05, 3.63) is 152 Å². The Morgan fingerprint density at radius 2 is 0.933 bits per heavy atom. The van der Waals surface area contributed by atoms with E-state index in [0.29, 0.717) is 17.5 Å². The Kier molecular flexibility index (Phi) is 6.00. The zero-order valence-corrected chi connectivity index (χ0v) is 25.0. The molecule has 0 atom stereocenters. The van der Waals surface area contributed by atoms with Crippen LogP contribution in [0.1, 0.15) is 0 Å². The maximum Gasteiger partial charge on any atom is 0.164 e. The zero-order valence-electron chi connectivity index (χ0n) is 24.2. The number of fused-ring (bicyclic) bond motifs is 5. The summed E-state index contributed by atoms with van der Waals surface area (Å²) in [7, 11) is 0. The van der Waals surface area contributed by atoms with E-state index in [1.54, 1.807) is 0 Å². The maximum absolute atomic E-state index is 5.11. The molecule has 0 saturated carbocycles. The maximum atomic E-state index is 5.11. The van der Waals surface area contributed by atoms with Gasteiger partial charge in [0, 0.05) is 36.9 Å². The van der Waals surface area contributed by atoms with Crippen molar-refractivity contribution >= 4 is 53.1 Å². The van der Waals surface area contributed by atoms with E-state index in [2.05, 4.69) is 133 Å². The molecule has 0 bridgehead atoms. The lowest BCUT2D eigenvalue weighted by atomic mass is 9.94. The van der Waals surface area contributed by atoms with Crippen molar-refractivity contribution in [3.63, 3.8) is 0 Å². The molecule has 2 heterocycles. The van der Waals surface area contributed by atoms with Crippen LogP contribution in [0, 0.1) is 0 Å². The second kappa shape index (κ2) is 10.5. The van der Waals surface area contributed by atoms with Crippen LogP contribution in [0.15, 0.2) is 152 Å². The molecule has 2 aromatic heterocycles. The van der Waals surface area contributed by atoms with E-state index in [4.69, 9.17) is 15.0 Å². The van der Waals surface area contributed by atoms with Gasteiger partial charge in [-0.25, -0.2) is 15.0 Å². The molecule has 9 aromatic rings. The Bertz CT molecular complexity index is 2550. The van der Waals surface area contributed by atoms with Gasteiger partial charge in [0.2, 0.25) is 0 Å². The van der Waals surface area contributed by atoms with Gasteiger partial charge < -0.3 is 0 Å². The average molecular weight is 592 g/mol. The molecule has 0 amide bonds. The van der Waals surface area contributed by atoms with Gasteiger partial charge in [-0.05, 0) is 63.0 Å². The third-order valence-electron chi connectivity index (χ3n) is 8.48. The smallest absolute Gasteiger partial charge is 0.164 e. The van der Waals surface area contributed by atoms with Gasteiger partial charge in [0.15, 0.2) is 17.5 Å². The minimum Gasteiger partial charge on any atom is -0.208 e. The van der Waals surface area contributed by atoms with Crippen LogP contribution in [0.5, 0.6) is 0 Å². The number of hydrogen-bond donors (Lipinski definition) is 0.